The van der Waals surface area contributed by atoms with Crippen molar-refractivity contribution in [1.82, 2.24) is 4.98 Å². The molecule has 0 fully saturated rings. The van der Waals surface area contributed by atoms with Crippen LogP contribution in [0.1, 0.15) is 17.3 Å². The maximum atomic E-state index is 12.3. The predicted octanol–water partition coefficient (Wildman–Crippen LogP) is 2.00. The number of hydrogen-bond acceptors (Lipinski definition) is 5. The molecule has 1 aromatic heterocycles. The van der Waals surface area contributed by atoms with Gasteiger partial charge >= 0.3 is 5.97 Å². The normalized spacial score (nSPS) is 12.5. The number of anilines is 1. The van der Waals surface area contributed by atoms with Crippen LogP contribution in [0.3, 0.4) is 0 Å². The van der Waals surface area contributed by atoms with Gasteiger partial charge < -0.3 is 15.0 Å². The number of esters is 1. The average molecular weight is 387 g/mol. The van der Waals surface area contributed by atoms with Crippen molar-refractivity contribution in [1.29, 1.82) is 0 Å². The smallest absolute Gasteiger partial charge is 0.341 e. The first kappa shape index (κ1) is 18.6. The molecule has 8 nitrogen and oxygen atoms in total. The number of primary sulfonamides is 1. The molecule has 2 aromatic carbocycles. The molecule has 3 aromatic rings. The van der Waals surface area contributed by atoms with Gasteiger partial charge in [-0.3, -0.25) is 4.79 Å². The van der Waals surface area contributed by atoms with Crippen molar-refractivity contribution in [2.45, 2.75) is 17.9 Å². The molecular formula is C18H17N3O5S. The van der Waals surface area contributed by atoms with Crippen LogP contribution in [0.5, 0.6) is 0 Å². The summed E-state index contributed by atoms with van der Waals surface area (Å²) in [5.41, 5.74) is 1.47. The van der Waals surface area contributed by atoms with Gasteiger partial charge in [0.1, 0.15) is 0 Å². The summed E-state index contributed by atoms with van der Waals surface area (Å²) in [6.07, 6.45) is 0.480. The molecule has 27 heavy (non-hydrogen) atoms. The third kappa shape index (κ3) is 4.15. The molecule has 0 aliphatic carbocycles. The number of carbonyl (C=O) groups is 2. The van der Waals surface area contributed by atoms with Crippen LogP contribution in [0, 0.1) is 0 Å². The molecule has 0 aliphatic heterocycles. The van der Waals surface area contributed by atoms with Gasteiger partial charge in [-0.1, -0.05) is 18.2 Å². The molecule has 1 atom stereocenters. The molecule has 1 amide bonds. The lowest BCUT2D eigenvalue weighted by Crippen LogP contribution is -2.30. The van der Waals surface area contributed by atoms with Crippen molar-refractivity contribution >= 4 is 38.5 Å². The monoisotopic (exact) mass is 387 g/mol. The molecule has 0 radical (unpaired) electrons. The molecule has 0 unspecified atom stereocenters. The number of benzene rings is 2. The topological polar surface area (TPSA) is 131 Å². The van der Waals surface area contributed by atoms with Crippen LogP contribution >= 0.6 is 0 Å². The summed E-state index contributed by atoms with van der Waals surface area (Å²) in [4.78, 5) is 27.5. The largest absolute Gasteiger partial charge is 0.449 e. The predicted molar refractivity (Wildman–Crippen MR) is 99.6 cm³/mol. The van der Waals surface area contributed by atoms with Crippen molar-refractivity contribution in [2.75, 3.05) is 5.32 Å². The zero-order valence-electron chi connectivity index (χ0n) is 14.3. The van der Waals surface area contributed by atoms with E-state index in [-0.39, 0.29) is 4.90 Å². The Bertz CT molecular complexity index is 1100. The number of amides is 1. The SMILES string of the molecule is C[C@@H](OC(=O)c1c[nH]c2ccccc12)C(=O)Nc1ccc(S(N)(=O)=O)cc1. The third-order valence-corrected chi connectivity index (χ3v) is 4.84. The summed E-state index contributed by atoms with van der Waals surface area (Å²) in [5, 5.41) is 8.27. The summed E-state index contributed by atoms with van der Waals surface area (Å²) in [6.45, 7) is 1.45. The number of ether oxygens (including phenoxy) is 1. The fourth-order valence-electron chi connectivity index (χ4n) is 2.49. The molecule has 0 saturated carbocycles. The van der Waals surface area contributed by atoms with E-state index in [0.717, 1.165) is 5.52 Å². The first-order valence-electron chi connectivity index (χ1n) is 7.96. The van der Waals surface area contributed by atoms with Gasteiger partial charge in [0.25, 0.3) is 5.91 Å². The lowest BCUT2D eigenvalue weighted by molar-refractivity contribution is -0.123. The highest BCUT2D eigenvalue weighted by Crippen LogP contribution is 2.19. The number of para-hydroxylation sites is 1. The van der Waals surface area contributed by atoms with E-state index in [1.165, 1.54) is 37.4 Å². The highest BCUT2D eigenvalue weighted by Gasteiger charge is 2.21. The van der Waals surface area contributed by atoms with E-state index in [9.17, 15) is 18.0 Å². The van der Waals surface area contributed by atoms with E-state index >= 15 is 0 Å². The van der Waals surface area contributed by atoms with E-state index < -0.39 is 28.0 Å². The Labute approximate surface area is 155 Å². The molecule has 0 saturated heterocycles. The number of hydrogen-bond donors (Lipinski definition) is 3. The Balaban J connectivity index is 1.66. The van der Waals surface area contributed by atoms with Crippen LogP contribution in [-0.4, -0.2) is 31.4 Å². The summed E-state index contributed by atoms with van der Waals surface area (Å²) < 4.78 is 27.7. The van der Waals surface area contributed by atoms with Gasteiger partial charge in [-0.15, -0.1) is 0 Å². The van der Waals surface area contributed by atoms with Crippen molar-refractivity contribution in [3.8, 4) is 0 Å². The minimum atomic E-state index is -3.81. The highest BCUT2D eigenvalue weighted by molar-refractivity contribution is 7.89. The van der Waals surface area contributed by atoms with Crippen LogP contribution in [0.4, 0.5) is 5.69 Å². The van der Waals surface area contributed by atoms with Gasteiger partial charge in [-0.05, 0) is 37.3 Å². The van der Waals surface area contributed by atoms with E-state index in [0.29, 0.717) is 16.6 Å². The molecule has 0 spiro atoms. The zero-order chi connectivity index (χ0) is 19.6. The second kappa shape index (κ2) is 7.22. The zero-order valence-corrected chi connectivity index (χ0v) is 15.1. The molecule has 0 aliphatic rings. The van der Waals surface area contributed by atoms with Gasteiger partial charge in [-0.2, -0.15) is 0 Å². The molecule has 3 rings (SSSR count). The lowest BCUT2D eigenvalue weighted by Gasteiger charge is -2.13. The summed E-state index contributed by atoms with van der Waals surface area (Å²) in [6, 6.07) is 12.6. The van der Waals surface area contributed by atoms with Crippen LogP contribution in [-0.2, 0) is 19.6 Å². The minimum Gasteiger partial charge on any atom is -0.449 e. The van der Waals surface area contributed by atoms with E-state index in [2.05, 4.69) is 10.3 Å². The minimum absolute atomic E-state index is 0.0701. The summed E-state index contributed by atoms with van der Waals surface area (Å²) in [7, 11) is -3.81. The fourth-order valence-corrected chi connectivity index (χ4v) is 3.01. The van der Waals surface area contributed by atoms with Crippen LogP contribution in [0.15, 0.2) is 59.6 Å². The number of aromatic nitrogens is 1. The lowest BCUT2D eigenvalue weighted by atomic mass is 10.2. The van der Waals surface area contributed by atoms with Crippen molar-refractivity contribution in [3.63, 3.8) is 0 Å². The number of fused-ring (bicyclic) bond motifs is 1. The van der Waals surface area contributed by atoms with Gasteiger partial charge in [-0.25, -0.2) is 18.4 Å². The van der Waals surface area contributed by atoms with E-state index in [1.54, 1.807) is 12.1 Å². The Morgan fingerprint density at radius 2 is 1.78 bits per heavy atom. The van der Waals surface area contributed by atoms with E-state index in [4.69, 9.17) is 9.88 Å². The van der Waals surface area contributed by atoms with Gasteiger partial charge in [0.15, 0.2) is 6.10 Å². The summed E-state index contributed by atoms with van der Waals surface area (Å²) in [5.74, 6) is -1.17. The second-order valence-corrected chi connectivity index (χ2v) is 7.42. The van der Waals surface area contributed by atoms with Crippen LogP contribution < -0.4 is 10.5 Å². The Morgan fingerprint density at radius 3 is 2.44 bits per heavy atom. The number of nitrogens with one attached hydrogen (secondary N) is 2. The molecule has 9 heteroatoms. The number of rotatable bonds is 5. The maximum Gasteiger partial charge on any atom is 0.341 e. The highest BCUT2D eigenvalue weighted by atomic mass is 32.2. The molecule has 1 heterocycles. The standard InChI is InChI=1S/C18H17N3O5S/c1-11(17(22)21-12-6-8-13(9-7-12)27(19,24)25)26-18(23)15-10-20-16-5-3-2-4-14(15)16/h2-11,20H,1H3,(H,21,22)(H2,19,24,25)/t11-/m1/s1. The molecular weight excluding hydrogens is 370 g/mol. The molecule has 140 valence electrons. The molecule has 4 N–H and O–H groups in total. The first-order valence-corrected chi connectivity index (χ1v) is 9.51. The second-order valence-electron chi connectivity index (χ2n) is 5.85. The first-order chi connectivity index (χ1) is 12.8. The average Bonchev–Trinajstić information content (AvgIpc) is 3.05. The van der Waals surface area contributed by atoms with Crippen LogP contribution in [0.2, 0.25) is 0 Å². The number of carbonyl (C=O) groups excluding carboxylic acids is 2. The number of nitrogens with two attached hydrogens (primary N) is 1. The maximum absolute atomic E-state index is 12.3. The number of sulfonamides is 1. The van der Waals surface area contributed by atoms with Crippen molar-refractivity contribution in [3.05, 3.63) is 60.3 Å². The fraction of sp³-hybridized carbons (Fsp3) is 0.111. The van der Waals surface area contributed by atoms with Gasteiger partial charge in [0, 0.05) is 22.8 Å². The van der Waals surface area contributed by atoms with Gasteiger partial charge in [0.2, 0.25) is 10.0 Å². The Morgan fingerprint density at radius 1 is 1.11 bits per heavy atom. The van der Waals surface area contributed by atoms with Crippen molar-refractivity contribution in [2.24, 2.45) is 5.14 Å². The summed E-state index contributed by atoms with van der Waals surface area (Å²) >= 11 is 0. The quantitative estimate of drug-likeness (QED) is 0.576. The van der Waals surface area contributed by atoms with Gasteiger partial charge in [0.05, 0.1) is 10.5 Å². The molecule has 0 bridgehead atoms. The third-order valence-electron chi connectivity index (χ3n) is 3.91. The number of aromatic amines is 1. The Kier molecular flexibility index (Phi) is 4.98. The number of H-pyrrole nitrogens is 1. The van der Waals surface area contributed by atoms with E-state index in [1.807, 2.05) is 12.1 Å². The Hall–Kier alpha value is -3.17. The van der Waals surface area contributed by atoms with Crippen molar-refractivity contribution < 1.29 is 22.7 Å². The van der Waals surface area contributed by atoms with Crippen LogP contribution in [0.25, 0.3) is 10.9 Å².